The smallest absolute Gasteiger partial charge is 0.155 e. The predicted molar refractivity (Wildman–Crippen MR) is 102 cm³/mol. The lowest BCUT2D eigenvalue weighted by molar-refractivity contribution is -0.00000346. The molecule has 0 aliphatic rings. The first-order valence-electron chi connectivity index (χ1n) is 6.64. The Kier molecular flexibility index (Phi) is 4.49. The average molecular weight is 467 g/mol. The fourth-order valence-electron chi connectivity index (χ4n) is 2.92. The van der Waals surface area contributed by atoms with Crippen LogP contribution >= 0.6 is 28.3 Å². The number of hydrogen-bond acceptors (Lipinski definition) is 0. The van der Waals surface area contributed by atoms with Crippen molar-refractivity contribution < 1.29 is 17.0 Å². The highest BCUT2D eigenvalue weighted by molar-refractivity contribution is 14.2. The van der Waals surface area contributed by atoms with Gasteiger partial charge in [-0.2, -0.15) is 0 Å². The highest BCUT2D eigenvalue weighted by Crippen LogP contribution is 2.32. The van der Waals surface area contributed by atoms with Gasteiger partial charge < -0.3 is 17.0 Å². The first-order chi connectivity index (χ1) is 9.86. The molecule has 1 atom stereocenters. The van der Waals surface area contributed by atoms with Gasteiger partial charge in [0.05, 0.1) is 6.22 Å². The van der Waals surface area contributed by atoms with Crippen molar-refractivity contribution in [1.29, 1.82) is 0 Å². The molecule has 4 rings (SSSR count). The van der Waals surface area contributed by atoms with Crippen LogP contribution in [0.2, 0.25) is 0 Å². The van der Waals surface area contributed by atoms with E-state index in [1.54, 1.807) is 0 Å². The maximum absolute atomic E-state index is 2.54. The molecule has 4 aromatic rings. The van der Waals surface area contributed by atoms with Crippen molar-refractivity contribution in [3.05, 3.63) is 66.7 Å². The topological polar surface area (TPSA) is 0 Å². The summed E-state index contributed by atoms with van der Waals surface area (Å²) in [5.41, 5.74) is 0. The predicted octanol–water partition coefficient (Wildman–Crippen LogP) is 2.54. The van der Waals surface area contributed by atoms with E-state index in [2.05, 4.69) is 88.8 Å². The van der Waals surface area contributed by atoms with Gasteiger partial charge in [0.2, 0.25) is 0 Å². The molecule has 0 aromatic heterocycles. The Hall–Kier alpha value is -0.700. The van der Waals surface area contributed by atoms with Crippen LogP contribution in [0.15, 0.2) is 66.7 Å². The van der Waals surface area contributed by atoms with E-state index in [4.69, 9.17) is 0 Å². The van der Waals surface area contributed by atoms with Gasteiger partial charge in [0.25, 0.3) is 0 Å². The van der Waals surface area contributed by atoms with Crippen molar-refractivity contribution in [3.8, 4) is 0 Å². The van der Waals surface area contributed by atoms with Gasteiger partial charge >= 0.3 is 0 Å². The fourth-order valence-corrected chi connectivity index (χ4v) is 5.09. The van der Waals surface area contributed by atoms with E-state index in [1.807, 2.05) is 0 Å². The molecule has 0 spiro atoms. The molecule has 3 heteroatoms. The Morgan fingerprint density at radius 2 is 1.33 bits per heavy atom. The van der Waals surface area contributed by atoms with Crippen LogP contribution in [-0.2, 0) is 0 Å². The zero-order valence-corrected chi connectivity index (χ0v) is 16.1. The van der Waals surface area contributed by atoms with Crippen LogP contribution in [0.4, 0.5) is 0 Å². The highest BCUT2D eigenvalue weighted by atomic mass is 127. The van der Waals surface area contributed by atoms with E-state index in [0.29, 0.717) is 6.22 Å². The second kappa shape index (κ2) is 6.20. The summed E-state index contributed by atoms with van der Waals surface area (Å²) in [6, 6.07) is 24.4. The second-order valence-corrected chi connectivity index (χ2v) is 7.75. The van der Waals surface area contributed by atoms with Gasteiger partial charge in [-0.1, -0.05) is 48.5 Å². The molecule has 0 nitrogen and oxygen atoms in total. The van der Waals surface area contributed by atoms with Crippen molar-refractivity contribution in [1.82, 2.24) is 0 Å². The summed E-state index contributed by atoms with van der Waals surface area (Å²) in [6.07, 6.45) is 0.297. The van der Waals surface area contributed by atoms with E-state index in [1.165, 1.54) is 37.6 Å². The Labute approximate surface area is 149 Å². The van der Waals surface area contributed by atoms with Gasteiger partial charge in [0, 0.05) is 5.39 Å². The third kappa shape index (κ3) is 2.58. The van der Waals surface area contributed by atoms with Gasteiger partial charge in [0.15, 0.2) is 22.0 Å². The fraction of sp³-hybridized carbons (Fsp3) is 0. The quantitative estimate of drug-likeness (QED) is 0.175. The molecule has 0 saturated heterocycles. The minimum Gasteiger partial charge on any atom is -1.00 e. The van der Waals surface area contributed by atoms with E-state index in [0.717, 1.165) is 0 Å². The molecule has 0 aliphatic carbocycles. The van der Waals surface area contributed by atoms with Gasteiger partial charge in [0.1, 0.15) is 5.30 Å². The first-order valence-corrected chi connectivity index (χ1v) is 11.4. The first kappa shape index (κ1) is 15.2. The number of halogens is 2. The number of fused-ring (bicyclic) bond motifs is 4. The molecule has 0 fully saturated rings. The van der Waals surface area contributed by atoms with Crippen LogP contribution < -0.4 is 22.3 Å². The molecule has 0 aliphatic heterocycles. The lowest BCUT2D eigenvalue weighted by Gasteiger charge is -2.07. The summed E-state index contributed by atoms with van der Waals surface area (Å²) >= 11 is 2.54. The summed E-state index contributed by atoms with van der Waals surface area (Å²) < 4.78 is 0. The Morgan fingerprint density at radius 3 is 2.10 bits per heavy atom. The van der Waals surface area contributed by atoms with Gasteiger partial charge in [-0.05, 0) is 45.1 Å². The molecule has 0 amide bonds. The summed E-state index contributed by atoms with van der Waals surface area (Å²) in [7, 11) is 0. The summed E-state index contributed by atoms with van der Waals surface area (Å²) in [6.45, 7) is 0. The summed E-state index contributed by atoms with van der Waals surface area (Å²) in [4.78, 5) is 0. The molecule has 1 unspecified atom stereocenters. The summed E-state index contributed by atoms with van der Waals surface area (Å²) in [5.74, 6) is 0. The van der Waals surface area contributed by atoms with E-state index >= 15 is 0 Å². The maximum Gasteiger partial charge on any atom is 0.155 e. The van der Waals surface area contributed by atoms with Crippen LogP contribution in [0, 0.1) is 0 Å². The number of hydrogen-bond donors (Lipinski definition) is 0. The van der Waals surface area contributed by atoms with E-state index in [-0.39, 0.29) is 17.0 Å². The van der Waals surface area contributed by atoms with Crippen LogP contribution in [0.25, 0.3) is 32.3 Å². The monoisotopic (exact) mass is 466 g/mol. The molecular weight excluding hydrogens is 454 g/mol. The van der Waals surface area contributed by atoms with Crippen molar-refractivity contribution in [2.45, 2.75) is 0 Å². The third-order valence-electron chi connectivity index (χ3n) is 3.88. The minimum atomic E-state index is 0. The van der Waals surface area contributed by atoms with Crippen LogP contribution in [0.3, 0.4) is 0 Å². The zero-order chi connectivity index (χ0) is 13.5. The Bertz CT molecular complexity index is 949. The van der Waals surface area contributed by atoms with Gasteiger partial charge in [-0.25, -0.2) is 0 Å². The van der Waals surface area contributed by atoms with E-state index in [9.17, 15) is 0 Å². The van der Waals surface area contributed by atoms with Crippen LogP contribution in [0.5, 0.6) is 0 Å². The van der Waals surface area contributed by atoms with Gasteiger partial charge in [-0.3, -0.25) is 0 Å². The lowest BCUT2D eigenvalue weighted by atomic mass is 9.98. The maximum atomic E-state index is 2.54. The van der Waals surface area contributed by atoms with Crippen LogP contribution in [0.1, 0.15) is 0 Å². The molecule has 104 valence electrons. The average Bonchev–Trinajstić information content (AvgIpc) is 2.52. The highest BCUT2D eigenvalue weighted by Gasteiger charge is 2.09. The minimum absolute atomic E-state index is 0. The molecule has 0 saturated carbocycles. The number of benzene rings is 4. The van der Waals surface area contributed by atoms with Crippen molar-refractivity contribution in [3.63, 3.8) is 0 Å². The van der Waals surface area contributed by atoms with Crippen molar-refractivity contribution in [2.75, 3.05) is 0 Å². The molecule has 0 N–H and O–H groups in total. The molecule has 0 bridgehead atoms. The third-order valence-corrected chi connectivity index (χ3v) is 6.61. The molecule has 4 aromatic carbocycles. The molecule has 0 heterocycles. The SMILES string of the molecule is I[PH2+]c1cccc2ccc3cc4ccccc4cc3c12.[Br-]. The Morgan fingerprint density at radius 1 is 0.667 bits per heavy atom. The lowest BCUT2D eigenvalue weighted by Crippen LogP contribution is -3.00. The van der Waals surface area contributed by atoms with Crippen LogP contribution in [-0.4, -0.2) is 0 Å². The van der Waals surface area contributed by atoms with Crippen molar-refractivity contribution in [2.24, 2.45) is 0 Å². The zero-order valence-electron chi connectivity index (χ0n) is 11.2. The summed E-state index contributed by atoms with van der Waals surface area (Å²) in [5, 5.41) is 9.68. The van der Waals surface area contributed by atoms with E-state index < -0.39 is 0 Å². The normalized spacial score (nSPS) is 11.5. The second-order valence-electron chi connectivity index (χ2n) is 5.04. The standard InChI is InChI=1S/C18H12IP.BrH/c19-20-17-7-3-6-12-8-9-15-10-13-4-1-2-5-14(13)11-16(15)18(12)17;/h1-11,20H;1H. The molecular formula is C18H13BrIP. The molecule has 0 radical (unpaired) electrons. The van der Waals surface area contributed by atoms with Gasteiger partial charge in [-0.15, -0.1) is 0 Å². The molecule has 21 heavy (non-hydrogen) atoms. The number of rotatable bonds is 1. The Balaban J connectivity index is 0.00000132. The van der Waals surface area contributed by atoms with Crippen molar-refractivity contribution >= 4 is 65.9 Å². The largest absolute Gasteiger partial charge is 1.00 e.